The molecule has 0 unspecified atom stereocenters. The molecule has 1 fully saturated rings. The highest BCUT2D eigenvalue weighted by molar-refractivity contribution is 6.05. The highest BCUT2D eigenvalue weighted by Crippen LogP contribution is 2.14. The first kappa shape index (κ1) is 9.90. The summed E-state index contributed by atoms with van der Waals surface area (Å²) in [6, 6.07) is -0.792. The largest absolute Gasteiger partial charge is 0.368 e. The molecule has 0 aromatic rings. The van der Waals surface area contributed by atoms with Crippen molar-refractivity contribution in [3.63, 3.8) is 0 Å². The van der Waals surface area contributed by atoms with Gasteiger partial charge < -0.3 is 20.6 Å². The molecule has 0 aliphatic carbocycles. The molecule has 1 rings (SSSR count). The number of carbonyl (C=O) groups excluding carboxylic acids is 2. The van der Waals surface area contributed by atoms with Crippen LogP contribution in [-0.4, -0.2) is 39.3 Å². The predicted octanol–water partition coefficient (Wildman–Crippen LogP) is -2.39. The van der Waals surface area contributed by atoms with Crippen molar-refractivity contribution < 1.29 is 24.9 Å². The molecule has 3 amide bonds. The summed E-state index contributed by atoms with van der Waals surface area (Å²) in [5.41, 5.74) is -2.01. The number of urea groups is 1. The van der Waals surface area contributed by atoms with E-state index in [0.29, 0.717) is 0 Å². The van der Waals surface area contributed by atoms with Crippen LogP contribution in [0.25, 0.3) is 0 Å². The molecule has 1 saturated heterocycles. The van der Waals surface area contributed by atoms with Crippen LogP contribution in [0.5, 0.6) is 0 Å². The summed E-state index contributed by atoms with van der Waals surface area (Å²) in [4.78, 5) is 21.5. The first-order valence-corrected chi connectivity index (χ1v) is 3.66. The van der Waals surface area contributed by atoms with E-state index in [4.69, 9.17) is 10.2 Å². The number of carbonyl (C=O) groups is 2. The van der Waals surface area contributed by atoms with Gasteiger partial charge in [-0.05, 0) is 0 Å². The summed E-state index contributed by atoms with van der Waals surface area (Å²) < 4.78 is 0. The second kappa shape index (κ2) is 3.29. The lowest BCUT2D eigenvalue weighted by atomic mass is 10.1. The molecular formula is C6H10N2O5. The maximum Gasteiger partial charge on any atom is 0.324 e. The van der Waals surface area contributed by atoms with E-state index in [1.165, 1.54) is 0 Å². The molecule has 7 nitrogen and oxygen atoms in total. The number of aliphatic hydroxyl groups excluding tert-OH is 1. The van der Waals surface area contributed by atoms with Gasteiger partial charge in [-0.1, -0.05) is 0 Å². The number of imide groups is 1. The molecule has 5 N–H and O–H groups in total. The second-order valence-electron chi connectivity index (χ2n) is 2.79. The van der Waals surface area contributed by atoms with Gasteiger partial charge in [0, 0.05) is 12.8 Å². The molecule has 1 aliphatic rings. The third-order valence-corrected chi connectivity index (χ3v) is 1.69. The van der Waals surface area contributed by atoms with Gasteiger partial charge in [-0.25, -0.2) is 4.79 Å². The molecule has 0 aromatic heterocycles. The second-order valence-corrected chi connectivity index (χ2v) is 2.79. The summed E-state index contributed by atoms with van der Waals surface area (Å²) in [5.74, 6) is -0.877. The molecule has 7 heteroatoms. The molecule has 13 heavy (non-hydrogen) atoms. The number of rotatable bonds is 3. The Morgan fingerprint density at radius 3 is 2.38 bits per heavy atom. The zero-order valence-electron chi connectivity index (χ0n) is 6.65. The Balaban J connectivity index is 2.55. The van der Waals surface area contributed by atoms with Crippen LogP contribution >= 0.6 is 0 Å². The minimum atomic E-state index is -2.01. The van der Waals surface area contributed by atoms with E-state index in [-0.39, 0.29) is 12.8 Å². The number of hydrogen-bond donors (Lipinski definition) is 5. The summed E-state index contributed by atoms with van der Waals surface area (Å²) in [6.45, 7) is 0. The smallest absolute Gasteiger partial charge is 0.324 e. The van der Waals surface area contributed by atoms with Gasteiger partial charge in [0.2, 0.25) is 5.72 Å². The number of hydrogen-bond acceptors (Lipinski definition) is 5. The zero-order valence-corrected chi connectivity index (χ0v) is 6.65. The average molecular weight is 190 g/mol. The molecular weight excluding hydrogens is 180 g/mol. The molecule has 1 atom stereocenters. The molecule has 0 spiro atoms. The van der Waals surface area contributed by atoms with Crippen molar-refractivity contribution in [2.45, 2.75) is 24.9 Å². The maximum absolute atomic E-state index is 10.9. The molecule has 1 aliphatic heterocycles. The SMILES string of the molecule is O=C1NC(=O)[C@@](O)(CCC(O)O)N1. The normalized spacial score (nSPS) is 27.7. The molecule has 0 saturated carbocycles. The van der Waals surface area contributed by atoms with E-state index >= 15 is 0 Å². The Morgan fingerprint density at radius 2 is 2.00 bits per heavy atom. The van der Waals surface area contributed by atoms with Gasteiger partial charge in [-0.2, -0.15) is 0 Å². The lowest BCUT2D eigenvalue weighted by Gasteiger charge is -2.18. The standard InChI is InChI=1S/C6H10N2O5/c9-3(10)1-2-6(13)4(11)7-5(12)8-6/h3,9-10,13H,1-2H2,(H2,7,8,11,12)/t6-/m0/s1. The Hall–Kier alpha value is -1.18. The highest BCUT2D eigenvalue weighted by atomic mass is 16.5. The van der Waals surface area contributed by atoms with E-state index in [2.05, 4.69) is 0 Å². The quantitative estimate of drug-likeness (QED) is 0.251. The lowest BCUT2D eigenvalue weighted by Crippen LogP contribution is -2.47. The van der Waals surface area contributed by atoms with Crippen molar-refractivity contribution in [2.75, 3.05) is 0 Å². The molecule has 0 aromatic carbocycles. The number of amides is 3. The van der Waals surface area contributed by atoms with Crippen molar-refractivity contribution >= 4 is 11.9 Å². The first-order chi connectivity index (χ1) is 5.94. The third-order valence-electron chi connectivity index (χ3n) is 1.69. The Morgan fingerprint density at radius 1 is 1.38 bits per heavy atom. The monoisotopic (exact) mass is 190 g/mol. The zero-order chi connectivity index (χ0) is 10.1. The van der Waals surface area contributed by atoms with Gasteiger partial charge in [0.1, 0.15) is 0 Å². The number of aliphatic hydroxyl groups is 3. The summed E-state index contributed by atoms with van der Waals surface area (Å²) in [5, 5.41) is 30.2. The van der Waals surface area contributed by atoms with Gasteiger partial charge in [0.05, 0.1) is 0 Å². The van der Waals surface area contributed by atoms with Crippen LogP contribution in [0.15, 0.2) is 0 Å². The summed E-state index contributed by atoms with van der Waals surface area (Å²) in [6.07, 6.45) is -2.07. The molecule has 0 bridgehead atoms. The van der Waals surface area contributed by atoms with Gasteiger partial charge in [0.15, 0.2) is 6.29 Å². The van der Waals surface area contributed by atoms with E-state index in [9.17, 15) is 14.7 Å². The van der Waals surface area contributed by atoms with Crippen LogP contribution in [0.1, 0.15) is 12.8 Å². The van der Waals surface area contributed by atoms with Crippen molar-refractivity contribution in [1.29, 1.82) is 0 Å². The van der Waals surface area contributed by atoms with Crippen LogP contribution in [0, 0.1) is 0 Å². The topological polar surface area (TPSA) is 119 Å². The first-order valence-electron chi connectivity index (χ1n) is 3.66. The van der Waals surface area contributed by atoms with Crippen LogP contribution in [0.3, 0.4) is 0 Å². The van der Waals surface area contributed by atoms with Crippen LogP contribution in [0.2, 0.25) is 0 Å². The van der Waals surface area contributed by atoms with Crippen molar-refractivity contribution in [2.24, 2.45) is 0 Å². The maximum atomic E-state index is 10.9. The fourth-order valence-corrected chi connectivity index (χ4v) is 0.996. The lowest BCUT2D eigenvalue weighted by molar-refractivity contribution is -0.140. The summed E-state index contributed by atoms with van der Waals surface area (Å²) >= 11 is 0. The van der Waals surface area contributed by atoms with Crippen molar-refractivity contribution in [3.8, 4) is 0 Å². The fraction of sp³-hybridized carbons (Fsp3) is 0.667. The minimum absolute atomic E-state index is 0.204. The van der Waals surface area contributed by atoms with Gasteiger partial charge in [0.25, 0.3) is 5.91 Å². The molecule has 0 radical (unpaired) electrons. The van der Waals surface area contributed by atoms with Crippen LogP contribution in [0.4, 0.5) is 4.79 Å². The van der Waals surface area contributed by atoms with Gasteiger partial charge in [-0.15, -0.1) is 0 Å². The minimum Gasteiger partial charge on any atom is -0.368 e. The van der Waals surface area contributed by atoms with Crippen LogP contribution in [-0.2, 0) is 4.79 Å². The molecule has 1 heterocycles. The Labute approximate surface area is 73.4 Å². The van der Waals surface area contributed by atoms with Crippen LogP contribution < -0.4 is 10.6 Å². The average Bonchev–Trinajstić information content (AvgIpc) is 2.23. The van der Waals surface area contributed by atoms with E-state index < -0.39 is 24.0 Å². The Kier molecular flexibility index (Phi) is 2.50. The van der Waals surface area contributed by atoms with E-state index in [1.807, 2.05) is 10.6 Å². The van der Waals surface area contributed by atoms with E-state index in [0.717, 1.165) is 0 Å². The highest BCUT2D eigenvalue weighted by Gasteiger charge is 2.44. The number of nitrogens with one attached hydrogen (secondary N) is 2. The van der Waals surface area contributed by atoms with Gasteiger partial charge >= 0.3 is 6.03 Å². The fourth-order valence-electron chi connectivity index (χ4n) is 0.996. The predicted molar refractivity (Wildman–Crippen MR) is 39.1 cm³/mol. The summed E-state index contributed by atoms with van der Waals surface area (Å²) in [7, 11) is 0. The third kappa shape index (κ3) is 2.14. The van der Waals surface area contributed by atoms with Crippen molar-refractivity contribution in [1.82, 2.24) is 10.6 Å². The van der Waals surface area contributed by atoms with Crippen molar-refractivity contribution in [3.05, 3.63) is 0 Å². The van der Waals surface area contributed by atoms with E-state index in [1.54, 1.807) is 0 Å². The Bertz CT molecular complexity index is 241. The van der Waals surface area contributed by atoms with Gasteiger partial charge in [-0.3, -0.25) is 10.1 Å². The molecule has 74 valence electrons.